The largest absolute Gasteiger partial charge is 0.358 e. The van der Waals surface area contributed by atoms with E-state index in [1.54, 1.807) is 19.1 Å². The summed E-state index contributed by atoms with van der Waals surface area (Å²) in [6.07, 6.45) is 0. The Balaban J connectivity index is 1.48. The minimum Gasteiger partial charge on any atom is -0.358 e. The summed E-state index contributed by atoms with van der Waals surface area (Å²) in [7, 11) is 0. The number of hydrogen-bond donors (Lipinski definition) is 3. The number of H-pyrrole nitrogens is 1. The zero-order valence-corrected chi connectivity index (χ0v) is 15.3. The maximum absolute atomic E-state index is 12.7. The molecule has 0 atom stereocenters. The van der Waals surface area contributed by atoms with E-state index >= 15 is 0 Å². The first-order valence-electron chi connectivity index (χ1n) is 8.97. The van der Waals surface area contributed by atoms with E-state index in [9.17, 15) is 9.59 Å². The van der Waals surface area contributed by atoms with E-state index in [0.717, 1.165) is 22.3 Å². The molecule has 1 amide bonds. The monoisotopic (exact) mass is 369 g/mol. The number of Topliss-reactive ketones (excluding diaryl/α,β-unsaturated/α-hetero) is 1. The molecule has 4 aromatic rings. The fraction of sp³-hybridized carbons (Fsp3) is 0.0435. The molecular formula is C23H19N3O2. The van der Waals surface area contributed by atoms with Crippen LogP contribution in [0.15, 0.2) is 78.9 Å². The predicted octanol–water partition coefficient (Wildman–Crippen LogP) is 5.04. The highest BCUT2D eigenvalue weighted by Gasteiger charge is 2.22. The Labute approximate surface area is 162 Å². The summed E-state index contributed by atoms with van der Waals surface area (Å²) in [5.41, 5.74) is 4.37. The maximum Gasteiger partial charge on any atom is 0.296 e. The standard InChI is InChI=1S/C23H19N3O2/c1-15-21(19-9-5-6-10-20(19)24-15)22(27)23(28)26-18-13-11-17(12-14-18)25-16-7-3-2-4-8-16/h2-14,24-25H,1H3,(H,26,28). The van der Waals surface area contributed by atoms with Crippen molar-refractivity contribution in [2.75, 3.05) is 10.6 Å². The SMILES string of the molecule is Cc1[nH]c2ccccc2c1C(=O)C(=O)Nc1ccc(Nc2ccccc2)cc1. The number of aromatic amines is 1. The van der Waals surface area contributed by atoms with Crippen LogP contribution < -0.4 is 10.6 Å². The number of carbonyl (C=O) groups excluding carboxylic acids is 2. The average Bonchev–Trinajstić information content (AvgIpc) is 3.05. The molecule has 0 aliphatic heterocycles. The topological polar surface area (TPSA) is 74.0 Å². The smallest absolute Gasteiger partial charge is 0.296 e. The number of benzene rings is 3. The van der Waals surface area contributed by atoms with Crippen molar-refractivity contribution in [1.82, 2.24) is 4.98 Å². The molecule has 1 heterocycles. The molecule has 0 saturated heterocycles. The van der Waals surface area contributed by atoms with E-state index in [2.05, 4.69) is 15.6 Å². The molecule has 4 rings (SSSR count). The molecule has 5 nitrogen and oxygen atoms in total. The van der Waals surface area contributed by atoms with Crippen molar-refractivity contribution in [2.45, 2.75) is 6.92 Å². The second-order valence-electron chi connectivity index (χ2n) is 6.52. The Bertz CT molecular complexity index is 1150. The summed E-state index contributed by atoms with van der Waals surface area (Å²) in [6, 6.07) is 24.5. The summed E-state index contributed by atoms with van der Waals surface area (Å²) in [6.45, 7) is 1.80. The number of hydrogen-bond acceptors (Lipinski definition) is 3. The van der Waals surface area contributed by atoms with Crippen LogP contribution in [0.3, 0.4) is 0 Å². The maximum atomic E-state index is 12.7. The molecule has 0 radical (unpaired) electrons. The molecule has 0 spiro atoms. The van der Waals surface area contributed by atoms with Gasteiger partial charge in [-0.1, -0.05) is 36.4 Å². The quantitative estimate of drug-likeness (QED) is 0.341. The van der Waals surface area contributed by atoms with Gasteiger partial charge in [0.15, 0.2) is 0 Å². The lowest BCUT2D eigenvalue weighted by molar-refractivity contribution is -0.112. The average molecular weight is 369 g/mol. The molecule has 138 valence electrons. The van der Waals surface area contributed by atoms with Crippen molar-refractivity contribution in [3.63, 3.8) is 0 Å². The highest BCUT2D eigenvalue weighted by atomic mass is 16.2. The molecule has 0 aliphatic carbocycles. The Morgan fingerprint density at radius 2 is 1.36 bits per heavy atom. The first kappa shape index (κ1) is 17.5. The van der Waals surface area contributed by atoms with Gasteiger partial charge in [0.2, 0.25) is 0 Å². The second kappa shape index (κ2) is 7.40. The van der Waals surface area contributed by atoms with Crippen LogP contribution in [0, 0.1) is 6.92 Å². The second-order valence-corrected chi connectivity index (χ2v) is 6.52. The van der Waals surface area contributed by atoms with E-state index in [1.807, 2.05) is 66.7 Å². The lowest BCUT2D eigenvalue weighted by Gasteiger charge is -2.08. The molecule has 28 heavy (non-hydrogen) atoms. The van der Waals surface area contributed by atoms with E-state index in [4.69, 9.17) is 0 Å². The number of nitrogens with one attached hydrogen (secondary N) is 3. The summed E-state index contributed by atoms with van der Waals surface area (Å²) >= 11 is 0. The third-order valence-corrected chi connectivity index (χ3v) is 4.53. The van der Waals surface area contributed by atoms with E-state index in [-0.39, 0.29) is 0 Å². The van der Waals surface area contributed by atoms with Gasteiger partial charge in [0.05, 0.1) is 5.56 Å². The normalized spacial score (nSPS) is 10.6. The van der Waals surface area contributed by atoms with Gasteiger partial charge in [-0.3, -0.25) is 9.59 Å². The first-order chi connectivity index (χ1) is 13.6. The van der Waals surface area contributed by atoms with Crippen LogP contribution in [0.1, 0.15) is 16.1 Å². The predicted molar refractivity (Wildman–Crippen MR) is 112 cm³/mol. The van der Waals surface area contributed by atoms with Gasteiger partial charge in [-0.2, -0.15) is 0 Å². The molecule has 0 fully saturated rings. The third kappa shape index (κ3) is 3.50. The number of aryl methyl sites for hydroxylation is 1. The third-order valence-electron chi connectivity index (χ3n) is 4.53. The number of carbonyl (C=O) groups is 2. The van der Waals surface area contributed by atoms with E-state index in [0.29, 0.717) is 16.9 Å². The number of rotatable bonds is 5. The molecule has 0 aliphatic rings. The molecule has 3 aromatic carbocycles. The Kier molecular flexibility index (Phi) is 4.64. The lowest BCUT2D eigenvalue weighted by atomic mass is 10.1. The fourth-order valence-corrected chi connectivity index (χ4v) is 3.20. The molecule has 5 heteroatoms. The zero-order valence-electron chi connectivity index (χ0n) is 15.3. The van der Waals surface area contributed by atoms with Crippen molar-refractivity contribution < 1.29 is 9.59 Å². The van der Waals surface area contributed by atoms with E-state index < -0.39 is 11.7 Å². The van der Waals surface area contributed by atoms with Crippen LogP contribution >= 0.6 is 0 Å². The Hall–Kier alpha value is -3.86. The van der Waals surface area contributed by atoms with Gasteiger partial charge in [-0.25, -0.2) is 0 Å². The van der Waals surface area contributed by atoms with E-state index in [1.165, 1.54) is 0 Å². The van der Waals surface area contributed by atoms with Crippen LogP contribution in [0.2, 0.25) is 0 Å². The molecule has 0 unspecified atom stereocenters. The minimum absolute atomic E-state index is 0.412. The van der Waals surface area contributed by atoms with Crippen LogP contribution in [0.4, 0.5) is 17.1 Å². The zero-order chi connectivity index (χ0) is 19.5. The lowest BCUT2D eigenvalue weighted by Crippen LogP contribution is -2.23. The number of fused-ring (bicyclic) bond motifs is 1. The highest BCUT2D eigenvalue weighted by Crippen LogP contribution is 2.23. The van der Waals surface area contributed by atoms with Crippen molar-refractivity contribution in [3.05, 3.63) is 90.1 Å². The van der Waals surface area contributed by atoms with Gasteiger partial charge in [-0.15, -0.1) is 0 Å². The molecule has 0 saturated carbocycles. The fourth-order valence-electron chi connectivity index (χ4n) is 3.20. The van der Waals surface area contributed by atoms with Gasteiger partial charge >= 0.3 is 0 Å². The van der Waals surface area contributed by atoms with Gasteiger partial charge in [-0.05, 0) is 49.4 Å². The first-order valence-corrected chi connectivity index (χ1v) is 8.97. The van der Waals surface area contributed by atoms with Crippen LogP contribution in [-0.4, -0.2) is 16.7 Å². The number of aromatic nitrogens is 1. The molecule has 0 bridgehead atoms. The number of anilines is 3. The number of ketones is 1. The molecule has 3 N–H and O–H groups in total. The minimum atomic E-state index is -0.656. The van der Waals surface area contributed by atoms with Gasteiger partial charge in [0.25, 0.3) is 11.7 Å². The number of amides is 1. The van der Waals surface area contributed by atoms with Crippen molar-refractivity contribution in [2.24, 2.45) is 0 Å². The number of para-hydroxylation sites is 2. The van der Waals surface area contributed by atoms with Crippen LogP contribution in [0.25, 0.3) is 10.9 Å². The Morgan fingerprint density at radius 3 is 2.11 bits per heavy atom. The highest BCUT2D eigenvalue weighted by molar-refractivity contribution is 6.48. The summed E-state index contributed by atoms with van der Waals surface area (Å²) in [5, 5.41) is 6.71. The summed E-state index contributed by atoms with van der Waals surface area (Å²) in [4.78, 5) is 28.3. The summed E-state index contributed by atoms with van der Waals surface area (Å²) in [5.74, 6) is -1.21. The van der Waals surface area contributed by atoms with Gasteiger partial charge < -0.3 is 15.6 Å². The van der Waals surface area contributed by atoms with Gasteiger partial charge in [0.1, 0.15) is 0 Å². The van der Waals surface area contributed by atoms with Crippen molar-refractivity contribution in [1.29, 1.82) is 0 Å². The van der Waals surface area contributed by atoms with Crippen molar-refractivity contribution in [3.8, 4) is 0 Å². The van der Waals surface area contributed by atoms with Gasteiger partial charge in [0, 0.05) is 33.7 Å². The van der Waals surface area contributed by atoms with Crippen LogP contribution in [0.5, 0.6) is 0 Å². The van der Waals surface area contributed by atoms with Crippen LogP contribution in [-0.2, 0) is 4.79 Å². The molecular weight excluding hydrogens is 350 g/mol. The molecule has 1 aromatic heterocycles. The van der Waals surface area contributed by atoms with Crippen molar-refractivity contribution >= 4 is 39.7 Å². The Morgan fingerprint density at radius 1 is 0.750 bits per heavy atom. The summed E-state index contributed by atoms with van der Waals surface area (Å²) < 4.78 is 0.